The minimum atomic E-state index is -4.76. The Hall–Kier alpha value is -2.06. The molecule has 2 aromatic carbocycles. The van der Waals surface area contributed by atoms with Crippen molar-refractivity contribution in [3.05, 3.63) is 47.5 Å². The molecule has 0 aliphatic carbocycles. The van der Waals surface area contributed by atoms with Gasteiger partial charge >= 0.3 is 6.36 Å². The quantitative estimate of drug-likeness (QED) is 0.452. The Kier molecular flexibility index (Phi) is 6.07. The van der Waals surface area contributed by atoms with Crippen LogP contribution in [0.2, 0.25) is 5.02 Å². The summed E-state index contributed by atoms with van der Waals surface area (Å²) >= 11 is 7.64. The van der Waals surface area contributed by atoms with Crippen molar-refractivity contribution in [3.63, 3.8) is 0 Å². The Morgan fingerprint density at radius 2 is 1.96 bits per heavy atom. The number of benzene rings is 2. The Labute approximate surface area is 152 Å². The Morgan fingerprint density at radius 3 is 2.60 bits per heavy atom. The van der Waals surface area contributed by atoms with Crippen LogP contribution in [0.1, 0.15) is 0 Å². The summed E-state index contributed by atoms with van der Waals surface area (Å²) in [6, 6.07) is 10.8. The van der Waals surface area contributed by atoms with Crippen LogP contribution >= 0.6 is 23.4 Å². The standard InChI is InChI=1S/C16H15ClF3N3OS/c1-23(10-4-3-5-11(8-10)24-16(18,19)20)15(21)22-14-9-12(25-2)6-7-13(14)17/h3-9H,1-2H3,(H2,21,22)/i1-1. The summed E-state index contributed by atoms with van der Waals surface area (Å²) in [6.45, 7) is 0. The molecule has 2 aromatic rings. The summed E-state index contributed by atoms with van der Waals surface area (Å²) in [5.41, 5.74) is 6.83. The van der Waals surface area contributed by atoms with Gasteiger partial charge in [0.05, 0.1) is 10.7 Å². The number of thioether (sulfide) groups is 1. The van der Waals surface area contributed by atoms with E-state index in [1.54, 1.807) is 25.2 Å². The first kappa shape index (κ1) is 19.3. The maximum Gasteiger partial charge on any atom is 0.573 e. The normalized spacial score (nSPS) is 12.2. The predicted octanol–water partition coefficient (Wildman–Crippen LogP) is 5.04. The highest BCUT2D eigenvalue weighted by Crippen LogP contribution is 2.30. The van der Waals surface area contributed by atoms with Crippen molar-refractivity contribution in [1.29, 1.82) is 0 Å². The highest BCUT2D eigenvalue weighted by molar-refractivity contribution is 7.98. The molecule has 0 spiro atoms. The van der Waals surface area contributed by atoms with Gasteiger partial charge in [-0.05, 0) is 36.6 Å². The van der Waals surface area contributed by atoms with E-state index in [0.29, 0.717) is 16.4 Å². The number of rotatable bonds is 4. The Morgan fingerprint density at radius 1 is 1.24 bits per heavy atom. The van der Waals surface area contributed by atoms with E-state index < -0.39 is 6.36 Å². The fraction of sp³-hybridized carbons (Fsp3) is 0.188. The molecule has 2 rings (SSSR count). The lowest BCUT2D eigenvalue weighted by Gasteiger charge is -2.19. The van der Waals surface area contributed by atoms with E-state index >= 15 is 0 Å². The van der Waals surface area contributed by atoms with Gasteiger partial charge in [-0.3, -0.25) is 0 Å². The predicted molar refractivity (Wildman–Crippen MR) is 96.0 cm³/mol. The molecule has 0 amide bonds. The van der Waals surface area contributed by atoms with Crippen molar-refractivity contribution >= 4 is 40.7 Å². The second-order valence-electron chi connectivity index (χ2n) is 4.89. The summed E-state index contributed by atoms with van der Waals surface area (Å²) in [7, 11) is 1.58. The maximum absolute atomic E-state index is 12.3. The van der Waals surface area contributed by atoms with E-state index in [9.17, 15) is 13.2 Å². The highest BCUT2D eigenvalue weighted by Gasteiger charge is 2.31. The first-order valence-corrected chi connectivity index (χ1v) is 8.57. The molecular formula is C16H15ClF3N3OS. The van der Waals surface area contributed by atoms with Gasteiger partial charge < -0.3 is 15.4 Å². The molecule has 0 saturated carbocycles. The van der Waals surface area contributed by atoms with Crippen LogP contribution in [-0.2, 0) is 0 Å². The summed E-state index contributed by atoms with van der Waals surface area (Å²) in [4.78, 5) is 6.65. The molecule has 0 aromatic heterocycles. The van der Waals surface area contributed by atoms with Gasteiger partial charge in [-0.25, -0.2) is 4.99 Å². The molecule has 0 bridgehead atoms. The van der Waals surface area contributed by atoms with E-state index in [1.807, 2.05) is 12.3 Å². The molecule has 0 saturated heterocycles. The van der Waals surface area contributed by atoms with Crippen LogP contribution < -0.4 is 15.4 Å². The molecule has 9 heteroatoms. The molecule has 0 aliphatic heterocycles. The smallest absolute Gasteiger partial charge is 0.406 e. The second-order valence-corrected chi connectivity index (χ2v) is 6.18. The van der Waals surface area contributed by atoms with E-state index in [0.717, 1.165) is 4.90 Å². The molecule has 25 heavy (non-hydrogen) atoms. The van der Waals surface area contributed by atoms with Crippen LogP contribution in [0, 0.1) is 0 Å². The van der Waals surface area contributed by atoms with Gasteiger partial charge in [0, 0.05) is 23.7 Å². The zero-order valence-electron chi connectivity index (χ0n) is 13.3. The van der Waals surface area contributed by atoms with Crippen molar-refractivity contribution < 1.29 is 17.9 Å². The molecule has 0 atom stereocenters. The number of halogens is 4. The lowest BCUT2D eigenvalue weighted by Crippen LogP contribution is -2.33. The van der Waals surface area contributed by atoms with Crippen molar-refractivity contribution in [1.82, 2.24) is 0 Å². The number of nitrogens with zero attached hydrogens (tertiary/aromatic N) is 2. The van der Waals surface area contributed by atoms with Crippen LogP contribution in [0.15, 0.2) is 52.4 Å². The van der Waals surface area contributed by atoms with E-state index in [-0.39, 0.29) is 11.7 Å². The Balaban J connectivity index is 2.28. The lowest BCUT2D eigenvalue weighted by atomic mass is 10.2. The zero-order valence-corrected chi connectivity index (χ0v) is 14.9. The third-order valence-electron chi connectivity index (χ3n) is 3.17. The topological polar surface area (TPSA) is 50.8 Å². The summed E-state index contributed by atoms with van der Waals surface area (Å²) in [6.07, 6.45) is -2.85. The average Bonchev–Trinajstić information content (AvgIpc) is 2.54. The van der Waals surface area contributed by atoms with Gasteiger partial charge in [-0.2, -0.15) is 0 Å². The van der Waals surface area contributed by atoms with E-state index in [2.05, 4.69) is 9.73 Å². The number of aliphatic imine (C=N–C) groups is 1. The van der Waals surface area contributed by atoms with Gasteiger partial charge in [0.25, 0.3) is 0 Å². The fourth-order valence-corrected chi connectivity index (χ4v) is 2.52. The monoisotopic (exact) mass is 388 g/mol. The number of nitrogens with two attached hydrogens (primary N) is 1. The molecule has 0 radical (unpaired) electrons. The van der Waals surface area contributed by atoms with Crippen molar-refractivity contribution in [2.24, 2.45) is 10.7 Å². The molecule has 2 N–H and O–H groups in total. The molecule has 134 valence electrons. The summed E-state index contributed by atoms with van der Waals surface area (Å²) in [5, 5.41) is 0.420. The third kappa shape index (κ3) is 5.47. The first-order valence-electron chi connectivity index (χ1n) is 6.97. The van der Waals surface area contributed by atoms with Crippen molar-refractivity contribution in [2.75, 3.05) is 18.2 Å². The number of hydrogen-bond acceptors (Lipinski definition) is 3. The van der Waals surface area contributed by atoms with Crippen LogP contribution in [0.4, 0.5) is 24.5 Å². The highest BCUT2D eigenvalue weighted by atomic mass is 35.5. The number of hydrogen-bond donors (Lipinski definition) is 1. The van der Waals surface area contributed by atoms with Crippen LogP contribution in [-0.4, -0.2) is 25.6 Å². The molecular weight excluding hydrogens is 374 g/mol. The molecule has 0 aliphatic rings. The van der Waals surface area contributed by atoms with E-state index in [4.69, 9.17) is 17.3 Å². The second kappa shape index (κ2) is 7.88. The fourth-order valence-electron chi connectivity index (χ4n) is 1.93. The SMILES string of the molecule is CSc1ccc(Cl)c(N=C(N)N([11CH3])c2cccc(OC(F)(F)F)c2)c1. The van der Waals surface area contributed by atoms with Gasteiger partial charge in [-0.15, -0.1) is 24.9 Å². The minimum absolute atomic E-state index is 0.0734. The zero-order chi connectivity index (χ0) is 18.6. The van der Waals surface area contributed by atoms with Gasteiger partial charge in [0.1, 0.15) is 5.75 Å². The van der Waals surface area contributed by atoms with E-state index in [1.165, 1.54) is 34.9 Å². The van der Waals surface area contributed by atoms with Crippen molar-refractivity contribution in [2.45, 2.75) is 11.3 Å². The van der Waals surface area contributed by atoms with Gasteiger partial charge in [0.2, 0.25) is 5.96 Å². The maximum atomic E-state index is 12.3. The minimum Gasteiger partial charge on any atom is -0.406 e. The number of alkyl halides is 3. The summed E-state index contributed by atoms with van der Waals surface area (Å²) < 4.78 is 40.9. The van der Waals surface area contributed by atoms with Gasteiger partial charge in [0.15, 0.2) is 0 Å². The number of ether oxygens (including phenoxy) is 1. The van der Waals surface area contributed by atoms with Crippen LogP contribution in [0.3, 0.4) is 0 Å². The lowest BCUT2D eigenvalue weighted by molar-refractivity contribution is -0.274. The van der Waals surface area contributed by atoms with Crippen LogP contribution in [0.5, 0.6) is 5.75 Å². The largest absolute Gasteiger partial charge is 0.573 e. The third-order valence-corrected chi connectivity index (χ3v) is 4.22. The molecule has 0 heterocycles. The summed E-state index contributed by atoms with van der Waals surface area (Å²) in [5.74, 6) is -0.267. The Bertz CT molecular complexity index is 783. The van der Waals surface area contributed by atoms with Crippen molar-refractivity contribution in [3.8, 4) is 5.75 Å². The first-order chi connectivity index (χ1) is 11.7. The van der Waals surface area contributed by atoms with Gasteiger partial charge in [-0.1, -0.05) is 17.7 Å². The number of anilines is 1. The molecule has 0 fully saturated rings. The van der Waals surface area contributed by atoms with Crippen LogP contribution in [0.25, 0.3) is 0 Å². The average molecular weight is 389 g/mol. The molecule has 4 nitrogen and oxygen atoms in total. The molecule has 0 unspecified atom stereocenters. The number of guanidine groups is 1.